The fourth-order valence-electron chi connectivity index (χ4n) is 2.07. The van der Waals surface area contributed by atoms with Crippen molar-refractivity contribution in [3.8, 4) is 0 Å². The van der Waals surface area contributed by atoms with Gasteiger partial charge in [-0.1, -0.05) is 5.16 Å². The second kappa shape index (κ2) is 12.7. The van der Waals surface area contributed by atoms with Crippen LogP contribution in [0.3, 0.4) is 0 Å². The van der Waals surface area contributed by atoms with Crippen LogP contribution in [0.4, 0.5) is 0 Å². The summed E-state index contributed by atoms with van der Waals surface area (Å²) in [4.78, 5) is 52.0. The van der Waals surface area contributed by atoms with Crippen molar-refractivity contribution in [2.75, 3.05) is 26.3 Å². The van der Waals surface area contributed by atoms with Gasteiger partial charge in [0.2, 0.25) is 5.91 Å². The number of nitrogens with zero attached hydrogens (tertiary/aromatic N) is 2. The van der Waals surface area contributed by atoms with Crippen molar-refractivity contribution in [3.05, 3.63) is 12.2 Å². The molecule has 3 amide bonds. The number of imide groups is 1. The minimum Gasteiger partial charge on any atom is -0.393 e. The van der Waals surface area contributed by atoms with Gasteiger partial charge < -0.3 is 14.9 Å². The highest BCUT2D eigenvalue weighted by Gasteiger charge is 2.23. The molecular formula is C18H27N3O6. The van der Waals surface area contributed by atoms with E-state index in [1.165, 1.54) is 12.2 Å². The van der Waals surface area contributed by atoms with E-state index in [2.05, 4.69) is 10.5 Å². The van der Waals surface area contributed by atoms with Crippen molar-refractivity contribution in [2.24, 2.45) is 5.16 Å². The molecule has 0 bridgehead atoms. The van der Waals surface area contributed by atoms with Crippen molar-refractivity contribution >= 4 is 29.7 Å². The average molecular weight is 381 g/mol. The number of amides is 3. The van der Waals surface area contributed by atoms with Gasteiger partial charge in [-0.25, -0.2) is 0 Å². The predicted octanol–water partition coefficient (Wildman–Crippen LogP) is 0.585. The highest BCUT2D eigenvalue weighted by atomic mass is 16.6. The van der Waals surface area contributed by atoms with Gasteiger partial charge in [0.05, 0.1) is 13.2 Å². The molecule has 27 heavy (non-hydrogen) atoms. The SMILES string of the molecule is CC(C)ON=CCCC(=O)CCOCCNC(=O)CCN1C(=O)C=CC1=O. The molecule has 0 radical (unpaired) electrons. The van der Waals surface area contributed by atoms with Crippen LogP contribution in [-0.4, -0.2) is 67.0 Å². The second-order valence-corrected chi connectivity index (χ2v) is 6.14. The quantitative estimate of drug-likeness (QED) is 0.204. The van der Waals surface area contributed by atoms with Gasteiger partial charge in [-0.05, 0) is 20.3 Å². The van der Waals surface area contributed by atoms with E-state index in [0.717, 1.165) is 4.90 Å². The van der Waals surface area contributed by atoms with E-state index in [9.17, 15) is 19.2 Å². The number of nitrogens with one attached hydrogen (secondary N) is 1. The molecule has 1 heterocycles. The van der Waals surface area contributed by atoms with Gasteiger partial charge in [-0.2, -0.15) is 0 Å². The molecule has 0 unspecified atom stereocenters. The summed E-state index contributed by atoms with van der Waals surface area (Å²) in [5, 5.41) is 6.37. The first-order valence-corrected chi connectivity index (χ1v) is 8.97. The van der Waals surface area contributed by atoms with Gasteiger partial charge in [0, 0.05) is 50.7 Å². The van der Waals surface area contributed by atoms with Crippen LogP contribution in [0.25, 0.3) is 0 Å². The molecule has 0 aromatic rings. The van der Waals surface area contributed by atoms with Crippen LogP contribution in [0.15, 0.2) is 17.3 Å². The molecule has 0 aromatic carbocycles. The smallest absolute Gasteiger partial charge is 0.253 e. The summed E-state index contributed by atoms with van der Waals surface area (Å²) >= 11 is 0. The maximum Gasteiger partial charge on any atom is 0.253 e. The number of ketones is 1. The van der Waals surface area contributed by atoms with Crippen LogP contribution in [0.1, 0.15) is 39.5 Å². The van der Waals surface area contributed by atoms with Crippen molar-refractivity contribution in [1.82, 2.24) is 10.2 Å². The lowest BCUT2D eigenvalue weighted by Crippen LogP contribution is -2.35. The predicted molar refractivity (Wildman–Crippen MR) is 97.9 cm³/mol. The molecule has 9 heteroatoms. The zero-order valence-electron chi connectivity index (χ0n) is 15.8. The lowest BCUT2D eigenvalue weighted by molar-refractivity contribution is -0.137. The summed E-state index contributed by atoms with van der Waals surface area (Å²) < 4.78 is 5.30. The first kappa shape index (κ1) is 22.5. The Balaban J connectivity index is 1.96. The number of carbonyl (C=O) groups is 4. The molecule has 1 aliphatic heterocycles. The number of hydrogen-bond acceptors (Lipinski definition) is 7. The normalized spacial score (nSPS) is 13.8. The van der Waals surface area contributed by atoms with Gasteiger partial charge in [0.1, 0.15) is 11.9 Å². The number of rotatable bonds is 14. The molecule has 0 aromatic heterocycles. The van der Waals surface area contributed by atoms with Gasteiger partial charge >= 0.3 is 0 Å². The largest absolute Gasteiger partial charge is 0.393 e. The molecule has 0 aliphatic carbocycles. The van der Waals surface area contributed by atoms with E-state index in [1.807, 2.05) is 13.8 Å². The Morgan fingerprint density at radius 1 is 1.15 bits per heavy atom. The lowest BCUT2D eigenvalue weighted by Gasteiger charge is -2.13. The minimum absolute atomic E-state index is 0.0213. The number of ether oxygens (including phenoxy) is 1. The van der Waals surface area contributed by atoms with Crippen molar-refractivity contribution in [3.63, 3.8) is 0 Å². The third-order valence-electron chi connectivity index (χ3n) is 3.46. The topological polar surface area (TPSA) is 114 Å². The Hall–Kier alpha value is -2.55. The van der Waals surface area contributed by atoms with E-state index >= 15 is 0 Å². The van der Waals surface area contributed by atoms with Gasteiger partial charge in [-0.3, -0.25) is 24.1 Å². The van der Waals surface area contributed by atoms with E-state index in [-0.39, 0.29) is 44.0 Å². The zero-order chi connectivity index (χ0) is 20.1. The number of Topliss-reactive ketones (excluding diaryl/α,β-unsaturated/α-hetero) is 1. The van der Waals surface area contributed by atoms with Gasteiger partial charge in [0.25, 0.3) is 11.8 Å². The van der Waals surface area contributed by atoms with Crippen molar-refractivity contribution in [1.29, 1.82) is 0 Å². The van der Waals surface area contributed by atoms with E-state index < -0.39 is 11.8 Å². The molecule has 1 rings (SSSR count). The molecule has 0 saturated heterocycles. The molecular weight excluding hydrogens is 354 g/mol. The highest BCUT2D eigenvalue weighted by molar-refractivity contribution is 6.13. The summed E-state index contributed by atoms with van der Waals surface area (Å²) in [5.74, 6) is -1.01. The molecule has 0 spiro atoms. The van der Waals surface area contributed by atoms with E-state index in [0.29, 0.717) is 25.8 Å². The zero-order valence-corrected chi connectivity index (χ0v) is 15.8. The molecule has 0 atom stereocenters. The number of carbonyl (C=O) groups excluding carboxylic acids is 4. The molecule has 1 N–H and O–H groups in total. The molecule has 0 saturated carbocycles. The van der Waals surface area contributed by atoms with Crippen LogP contribution in [0, 0.1) is 0 Å². The Labute approximate surface area is 158 Å². The molecule has 1 aliphatic rings. The Kier molecular flexibility index (Phi) is 10.6. The minimum atomic E-state index is -0.403. The summed E-state index contributed by atoms with van der Waals surface area (Å²) in [6, 6.07) is 0. The standard InChI is InChI=1S/C18H27N3O6/c1-14(2)27-20-9-3-4-15(22)8-12-26-13-10-19-16(23)7-11-21-17(24)5-6-18(21)25/h5-6,9,14H,3-4,7-8,10-13H2,1-2H3,(H,19,23). The van der Waals surface area contributed by atoms with E-state index in [1.54, 1.807) is 6.21 Å². The fourth-order valence-corrected chi connectivity index (χ4v) is 2.07. The lowest BCUT2D eigenvalue weighted by atomic mass is 10.2. The Morgan fingerprint density at radius 3 is 2.52 bits per heavy atom. The third-order valence-corrected chi connectivity index (χ3v) is 3.46. The van der Waals surface area contributed by atoms with Gasteiger partial charge in [-0.15, -0.1) is 0 Å². The summed E-state index contributed by atoms with van der Waals surface area (Å²) in [7, 11) is 0. The molecule has 150 valence electrons. The van der Waals surface area contributed by atoms with Crippen molar-refractivity contribution < 1.29 is 28.8 Å². The molecule has 0 fully saturated rings. The summed E-state index contributed by atoms with van der Waals surface area (Å²) in [5.41, 5.74) is 0. The Bertz CT molecular complexity index is 568. The fraction of sp³-hybridized carbons (Fsp3) is 0.611. The Morgan fingerprint density at radius 2 is 1.85 bits per heavy atom. The second-order valence-electron chi connectivity index (χ2n) is 6.14. The average Bonchev–Trinajstić information content (AvgIpc) is 2.93. The third kappa shape index (κ3) is 10.2. The van der Waals surface area contributed by atoms with Gasteiger partial charge in [0.15, 0.2) is 0 Å². The maximum atomic E-state index is 11.7. The molecule has 9 nitrogen and oxygen atoms in total. The number of oxime groups is 1. The van der Waals surface area contributed by atoms with Crippen LogP contribution in [-0.2, 0) is 28.8 Å². The summed E-state index contributed by atoms with van der Waals surface area (Å²) in [6.45, 7) is 4.66. The first-order chi connectivity index (χ1) is 12.9. The summed E-state index contributed by atoms with van der Waals surface area (Å²) in [6.07, 6.45) is 5.22. The van der Waals surface area contributed by atoms with Crippen LogP contribution in [0.5, 0.6) is 0 Å². The first-order valence-electron chi connectivity index (χ1n) is 8.97. The van der Waals surface area contributed by atoms with Crippen molar-refractivity contribution in [2.45, 2.75) is 45.6 Å². The van der Waals surface area contributed by atoms with Crippen LogP contribution < -0.4 is 5.32 Å². The van der Waals surface area contributed by atoms with Crippen LogP contribution in [0.2, 0.25) is 0 Å². The number of hydrogen-bond donors (Lipinski definition) is 1. The van der Waals surface area contributed by atoms with E-state index in [4.69, 9.17) is 9.57 Å². The van der Waals surface area contributed by atoms with Crippen LogP contribution >= 0.6 is 0 Å². The maximum absolute atomic E-state index is 11.7. The highest BCUT2D eigenvalue weighted by Crippen LogP contribution is 2.03. The monoisotopic (exact) mass is 381 g/mol.